The van der Waals surface area contributed by atoms with Crippen molar-refractivity contribution in [2.24, 2.45) is 5.73 Å². The number of aromatic nitrogens is 1. The van der Waals surface area contributed by atoms with Crippen LogP contribution in [0.3, 0.4) is 0 Å². The summed E-state index contributed by atoms with van der Waals surface area (Å²) in [5.74, 6) is 1.59. The fourth-order valence-corrected chi connectivity index (χ4v) is 1.84. The normalized spacial score (nSPS) is 30.4. The van der Waals surface area contributed by atoms with Crippen molar-refractivity contribution in [1.29, 1.82) is 0 Å². The number of hydrogen-bond donors (Lipinski definition) is 1. The lowest BCUT2D eigenvalue weighted by atomic mass is 9.85. The monoisotopic (exact) mass is 166 g/mol. The van der Waals surface area contributed by atoms with E-state index in [0.717, 1.165) is 31.4 Å². The van der Waals surface area contributed by atoms with Crippen LogP contribution in [-0.2, 0) is 0 Å². The van der Waals surface area contributed by atoms with E-state index in [4.69, 9.17) is 10.3 Å². The highest BCUT2D eigenvalue weighted by Crippen LogP contribution is 2.31. The molecule has 0 amide bonds. The average Bonchev–Trinajstić information content (AvgIpc) is 2.58. The molecule has 0 radical (unpaired) electrons. The van der Waals surface area contributed by atoms with Gasteiger partial charge in [0.15, 0.2) is 0 Å². The maximum absolute atomic E-state index is 5.80. The van der Waals surface area contributed by atoms with Crippen LogP contribution in [0.5, 0.6) is 0 Å². The molecule has 1 saturated carbocycles. The Morgan fingerprint density at radius 2 is 2.08 bits per heavy atom. The van der Waals surface area contributed by atoms with Gasteiger partial charge in [0.1, 0.15) is 5.76 Å². The van der Waals surface area contributed by atoms with Crippen molar-refractivity contribution >= 4 is 0 Å². The van der Waals surface area contributed by atoms with Gasteiger partial charge in [0.05, 0.1) is 6.20 Å². The molecule has 66 valence electrons. The van der Waals surface area contributed by atoms with Crippen LogP contribution in [0.4, 0.5) is 0 Å². The van der Waals surface area contributed by atoms with E-state index in [2.05, 4.69) is 5.16 Å². The van der Waals surface area contributed by atoms with E-state index >= 15 is 0 Å². The molecule has 0 spiro atoms. The zero-order chi connectivity index (χ0) is 8.39. The van der Waals surface area contributed by atoms with Gasteiger partial charge in [-0.25, -0.2) is 0 Å². The first kappa shape index (κ1) is 7.80. The Morgan fingerprint density at radius 3 is 2.67 bits per heavy atom. The van der Waals surface area contributed by atoms with Crippen molar-refractivity contribution < 1.29 is 4.52 Å². The van der Waals surface area contributed by atoms with Gasteiger partial charge in [-0.05, 0) is 25.7 Å². The van der Waals surface area contributed by atoms with E-state index < -0.39 is 0 Å². The highest BCUT2D eigenvalue weighted by atomic mass is 16.5. The minimum absolute atomic E-state index is 0.407. The molecule has 2 rings (SSSR count). The van der Waals surface area contributed by atoms with E-state index in [0.29, 0.717) is 12.0 Å². The molecule has 0 aliphatic heterocycles. The lowest BCUT2D eigenvalue weighted by Gasteiger charge is -2.23. The van der Waals surface area contributed by atoms with Crippen molar-refractivity contribution in [3.05, 3.63) is 18.0 Å². The average molecular weight is 166 g/mol. The topological polar surface area (TPSA) is 52.0 Å². The molecule has 3 heteroatoms. The molecule has 1 fully saturated rings. The van der Waals surface area contributed by atoms with E-state index in [1.54, 1.807) is 6.20 Å². The summed E-state index contributed by atoms with van der Waals surface area (Å²) in [6, 6.07) is 2.37. The molecule has 2 N–H and O–H groups in total. The van der Waals surface area contributed by atoms with Gasteiger partial charge in [-0.1, -0.05) is 5.16 Å². The van der Waals surface area contributed by atoms with Crippen LogP contribution in [0.1, 0.15) is 37.4 Å². The molecule has 1 aromatic rings. The molecule has 1 aromatic heterocycles. The SMILES string of the molecule is NC1CCC(c2ccno2)CC1. The quantitative estimate of drug-likeness (QED) is 0.690. The molecule has 0 aromatic carbocycles. The maximum atomic E-state index is 5.80. The Bertz CT molecular complexity index is 225. The Morgan fingerprint density at radius 1 is 1.33 bits per heavy atom. The summed E-state index contributed by atoms with van der Waals surface area (Å²) in [6.07, 6.45) is 6.24. The highest BCUT2D eigenvalue weighted by Gasteiger charge is 2.21. The molecule has 1 heterocycles. The number of nitrogens with zero attached hydrogens (tertiary/aromatic N) is 1. The van der Waals surface area contributed by atoms with Crippen molar-refractivity contribution in [3.63, 3.8) is 0 Å². The van der Waals surface area contributed by atoms with Gasteiger partial charge in [-0.3, -0.25) is 0 Å². The van der Waals surface area contributed by atoms with Crippen LogP contribution in [-0.4, -0.2) is 11.2 Å². The highest BCUT2D eigenvalue weighted by molar-refractivity contribution is 5.03. The van der Waals surface area contributed by atoms with Crippen LogP contribution < -0.4 is 5.73 Å². The van der Waals surface area contributed by atoms with Gasteiger partial charge in [0.25, 0.3) is 0 Å². The zero-order valence-electron chi connectivity index (χ0n) is 7.07. The third kappa shape index (κ3) is 1.50. The predicted octanol–water partition coefficient (Wildman–Crippen LogP) is 1.66. The van der Waals surface area contributed by atoms with Crippen LogP contribution in [0, 0.1) is 0 Å². The first-order chi connectivity index (χ1) is 5.86. The van der Waals surface area contributed by atoms with Gasteiger partial charge >= 0.3 is 0 Å². The standard InChI is InChI=1S/C9H14N2O/c10-8-3-1-7(2-4-8)9-5-6-11-12-9/h5-8H,1-4,10H2. The lowest BCUT2D eigenvalue weighted by Crippen LogP contribution is -2.25. The van der Waals surface area contributed by atoms with Crippen LogP contribution in [0.15, 0.2) is 16.8 Å². The predicted molar refractivity (Wildman–Crippen MR) is 45.7 cm³/mol. The Labute approximate surface area is 71.9 Å². The first-order valence-electron chi connectivity index (χ1n) is 4.52. The molecule has 1 aliphatic carbocycles. The van der Waals surface area contributed by atoms with Crippen molar-refractivity contribution in [3.8, 4) is 0 Å². The number of rotatable bonds is 1. The third-order valence-electron chi connectivity index (χ3n) is 2.63. The molecule has 0 unspecified atom stereocenters. The van der Waals surface area contributed by atoms with Crippen molar-refractivity contribution in [2.45, 2.75) is 37.6 Å². The summed E-state index contributed by atoms with van der Waals surface area (Å²) >= 11 is 0. The third-order valence-corrected chi connectivity index (χ3v) is 2.63. The van der Waals surface area contributed by atoms with Crippen LogP contribution >= 0.6 is 0 Å². The lowest BCUT2D eigenvalue weighted by molar-refractivity contribution is 0.308. The molecule has 0 bridgehead atoms. The van der Waals surface area contributed by atoms with E-state index in [1.807, 2.05) is 6.07 Å². The molecular formula is C9H14N2O. The smallest absolute Gasteiger partial charge is 0.139 e. The summed E-state index contributed by atoms with van der Waals surface area (Å²) in [6.45, 7) is 0. The van der Waals surface area contributed by atoms with E-state index in [1.165, 1.54) is 0 Å². The number of nitrogens with two attached hydrogens (primary N) is 1. The summed E-state index contributed by atoms with van der Waals surface area (Å²) in [5.41, 5.74) is 5.80. The van der Waals surface area contributed by atoms with Gasteiger partial charge in [-0.2, -0.15) is 0 Å². The van der Waals surface area contributed by atoms with Crippen molar-refractivity contribution in [2.75, 3.05) is 0 Å². The molecule has 1 aliphatic rings. The second kappa shape index (κ2) is 3.27. The summed E-state index contributed by atoms with van der Waals surface area (Å²) < 4.78 is 5.12. The second-order valence-corrected chi connectivity index (χ2v) is 3.53. The largest absolute Gasteiger partial charge is 0.361 e. The van der Waals surface area contributed by atoms with Crippen LogP contribution in [0.2, 0.25) is 0 Å². The minimum atomic E-state index is 0.407. The molecule has 0 saturated heterocycles. The summed E-state index contributed by atoms with van der Waals surface area (Å²) in [4.78, 5) is 0. The van der Waals surface area contributed by atoms with Crippen molar-refractivity contribution in [1.82, 2.24) is 5.16 Å². The Kier molecular flexibility index (Phi) is 2.13. The van der Waals surface area contributed by atoms with Gasteiger partial charge in [0.2, 0.25) is 0 Å². The fraction of sp³-hybridized carbons (Fsp3) is 0.667. The summed E-state index contributed by atoms with van der Waals surface area (Å²) in [5, 5.41) is 3.71. The molecule has 0 atom stereocenters. The minimum Gasteiger partial charge on any atom is -0.361 e. The van der Waals surface area contributed by atoms with Crippen LogP contribution in [0.25, 0.3) is 0 Å². The maximum Gasteiger partial charge on any atom is 0.139 e. The second-order valence-electron chi connectivity index (χ2n) is 3.53. The molecular weight excluding hydrogens is 152 g/mol. The fourth-order valence-electron chi connectivity index (χ4n) is 1.84. The Balaban J connectivity index is 1.99. The zero-order valence-corrected chi connectivity index (χ0v) is 7.07. The van der Waals surface area contributed by atoms with E-state index in [9.17, 15) is 0 Å². The molecule has 3 nitrogen and oxygen atoms in total. The Hall–Kier alpha value is -0.830. The molecule has 12 heavy (non-hydrogen) atoms. The van der Waals surface area contributed by atoms with Gasteiger partial charge in [0, 0.05) is 18.0 Å². The van der Waals surface area contributed by atoms with Gasteiger partial charge in [-0.15, -0.1) is 0 Å². The van der Waals surface area contributed by atoms with E-state index in [-0.39, 0.29) is 0 Å². The first-order valence-corrected chi connectivity index (χ1v) is 4.52. The summed E-state index contributed by atoms with van der Waals surface area (Å²) in [7, 11) is 0. The number of hydrogen-bond acceptors (Lipinski definition) is 3. The van der Waals surface area contributed by atoms with Gasteiger partial charge < -0.3 is 10.3 Å².